The number of carbonyl (C=O) groups excluding carboxylic acids is 1. The molecule has 1 saturated heterocycles. The molecule has 7 heteroatoms. The number of hydrogen-bond acceptors (Lipinski definition) is 5. The van der Waals surface area contributed by atoms with Crippen molar-refractivity contribution in [2.45, 2.75) is 18.6 Å². The van der Waals surface area contributed by atoms with Gasteiger partial charge in [-0.1, -0.05) is 54.2 Å². The fourth-order valence-electron chi connectivity index (χ4n) is 3.43. The van der Waals surface area contributed by atoms with Gasteiger partial charge in [0.1, 0.15) is 5.82 Å². The molecule has 27 heavy (non-hydrogen) atoms. The number of aromatic nitrogens is 3. The van der Waals surface area contributed by atoms with Crippen LogP contribution >= 0.6 is 11.8 Å². The van der Waals surface area contributed by atoms with Crippen molar-refractivity contribution in [1.29, 1.82) is 0 Å². The second-order valence-corrected chi connectivity index (χ2v) is 7.73. The summed E-state index contributed by atoms with van der Waals surface area (Å²) in [6.07, 6.45) is 0. The molecule has 1 aliphatic rings. The number of H-pyrrole nitrogens is 1. The smallest absolute Gasteiger partial charge is 0.233 e. The monoisotopic (exact) mass is 381 g/mol. The third-order valence-corrected chi connectivity index (χ3v) is 5.73. The maximum atomic E-state index is 12.4. The molecule has 0 aliphatic carbocycles. The Balaban J connectivity index is 1.30. The lowest BCUT2D eigenvalue weighted by Gasteiger charge is -2.34. The summed E-state index contributed by atoms with van der Waals surface area (Å²) in [6.45, 7) is 6.13. The summed E-state index contributed by atoms with van der Waals surface area (Å²) >= 11 is 1.39. The van der Waals surface area contributed by atoms with Gasteiger partial charge in [-0.05, 0) is 23.3 Å². The topological polar surface area (TPSA) is 65.1 Å². The molecule has 0 atom stereocenters. The van der Waals surface area contributed by atoms with Crippen molar-refractivity contribution in [2.75, 3.05) is 31.9 Å². The van der Waals surface area contributed by atoms with Gasteiger partial charge in [0, 0.05) is 32.7 Å². The molecule has 6 nitrogen and oxygen atoms in total. The number of aromatic amines is 1. The van der Waals surface area contributed by atoms with Crippen molar-refractivity contribution in [1.82, 2.24) is 25.0 Å². The molecule has 0 saturated carbocycles. The van der Waals surface area contributed by atoms with Crippen molar-refractivity contribution in [3.8, 4) is 0 Å². The SMILES string of the molecule is Cc1nc(SCC(=O)N2CCN(Cc3cccc4ccccc34)CC2)n[nH]1. The van der Waals surface area contributed by atoms with Crippen LogP contribution in [0.25, 0.3) is 10.8 Å². The molecule has 3 aromatic rings. The molecule has 2 aromatic carbocycles. The Bertz CT molecular complexity index is 928. The standard InChI is InChI=1S/C20H23N5OS/c1-15-21-20(23-22-15)27-14-19(26)25-11-9-24(10-12-25)13-17-7-4-6-16-5-2-3-8-18(16)17/h2-8H,9-14H2,1H3,(H,21,22,23). The summed E-state index contributed by atoms with van der Waals surface area (Å²) < 4.78 is 0. The van der Waals surface area contributed by atoms with E-state index in [2.05, 4.69) is 62.5 Å². The second-order valence-electron chi connectivity index (χ2n) is 6.79. The maximum Gasteiger partial charge on any atom is 0.233 e. The second kappa shape index (κ2) is 8.10. The third-order valence-electron chi connectivity index (χ3n) is 4.90. The predicted molar refractivity (Wildman–Crippen MR) is 108 cm³/mol. The molecule has 1 amide bonds. The van der Waals surface area contributed by atoms with Gasteiger partial charge in [0.25, 0.3) is 0 Å². The summed E-state index contributed by atoms with van der Waals surface area (Å²) in [5.41, 5.74) is 1.35. The van der Waals surface area contributed by atoms with Crippen molar-refractivity contribution >= 4 is 28.4 Å². The number of hydrogen-bond donors (Lipinski definition) is 1. The molecule has 1 aliphatic heterocycles. The molecule has 4 rings (SSSR count). The quantitative estimate of drug-likeness (QED) is 0.689. The van der Waals surface area contributed by atoms with E-state index in [4.69, 9.17) is 0 Å². The molecule has 140 valence electrons. The molecule has 1 aromatic heterocycles. The molecule has 0 spiro atoms. The summed E-state index contributed by atoms with van der Waals surface area (Å²) in [5.74, 6) is 1.32. The van der Waals surface area contributed by atoms with Crippen LogP contribution in [0.15, 0.2) is 47.6 Å². The Morgan fingerprint density at radius 2 is 1.89 bits per heavy atom. The van der Waals surface area contributed by atoms with E-state index in [0.29, 0.717) is 10.9 Å². The minimum absolute atomic E-state index is 0.160. The Morgan fingerprint density at radius 3 is 2.67 bits per heavy atom. The molecule has 0 radical (unpaired) electrons. The zero-order valence-electron chi connectivity index (χ0n) is 15.4. The molecule has 1 fully saturated rings. The molecular formula is C20H23N5OS. The van der Waals surface area contributed by atoms with Crippen LogP contribution in [0.1, 0.15) is 11.4 Å². The largest absolute Gasteiger partial charge is 0.339 e. The number of benzene rings is 2. The number of rotatable bonds is 5. The van der Waals surface area contributed by atoms with Crippen molar-refractivity contribution in [3.05, 3.63) is 53.9 Å². The van der Waals surface area contributed by atoms with Crippen LogP contribution in [0.2, 0.25) is 0 Å². The van der Waals surface area contributed by atoms with E-state index in [9.17, 15) is 4.79 Å². The maximum absolute atomic E-state index is 12.4. The summed E-state index contributed by atoms with van der Waals surface area (Å²) in [5, 5.41) is 10.1. The van der Waals surface area contributed by atoms with Crippen LogP contribution < -0.4 is 0 Å². The van der Waals surface area contributed by atoms with Crippen molar-refractivity contribution < 1.29 is 4.79 Å². The fraction of sp³-hybridized carbons (Fsp3) is 0.350. The van der Waals surface area contributed by atoms with Crippen LogP contribution in [0.4, 0.5) is 0 Å². The van der Waals surface area contributed by atoms with Gasteiger partial charge in [0.2, 0.25) is 11.1 Å². The highest BCUT2D eigenvalue weighted by Gasteiger charge is 2.21. The van der Waals surface area contributed by atoms with Gasteiger partial charge in [-0.15, -0.1) is 5.10 Å². The Hall–Kier alpha value is -2.38. The highest BCUT2D eigenvalue weighted by Crippen LogP contribution is 2.21. The van der Waals surface area contributed by atoms with E-state index in [0.717, 1.165) is 38.5 Å². The van der Waals surface area contributed by atoms with Crippen LogP contribution in [0, 0.1) is 6.92 Å². The van der Waals surface area contributed by atoms with E-state index in [1.165, 1.54) is 28.1 Å². The summed E-state index contributed by atoms with van der Waals surface area (Å²) in [4.78, 5) is 21.0. The van der Waals surface area contributed by atoms with Gasteiger partial charge < -0.3 is 4.90 Å². The normalized spacial score (nSPS) is 15.4. The zero-order valence-corrected chi connectivity index (χ0v) is 16.2. The highest BCUT2D eigenvalue weighted by molar-refractivity contribution is 7.99. The number of nitrogens with one attached hydrogen (secondary N) is 1. The minimum Gasteiger partial charge on any atom is -0.339 e. The number of piperazine rings is 1. The molecule has 0 unspecified atom stereocenters. The molecule has 0 bridgehead atoms. The lowest BCUT2D eigenvalue weighted by Crippen LogP contribution is -2.48. The van der Waals surface area contributed by atoms with Crippen LogP contribution in [0.5, 0.6) is 0 Å². The van der Waals surface area contributed by atoms with Crippen LogP contribution in [-0.2, 0) is 11.3 Å². The van der Waals surface area contributed by atoms with Crippen LogP contribution in [0.3, 0.4) is 0 Å². The van der Waals surface area contributed by atoms with Gasteiger partial charge in [-0.25, -0.2) is 4.98 Å². The van der Waals surface area contributed by atoms with E-state index < -0.39 is 0 Å². The number of aryl methyl sites for hydroxylation is 1. The first-order valence-electron chi connectivity index (χ1n) is 9.17. The molecule has 2 heterocycles. The lowest BCUT2D eigenvalue weighted by atomic mass is 10.0. The van der Waals surface area contributed by atoms with Crippen LogP contribution in [-0.4, -0.2) is 62.8 Å². The Labute approximate surface area is 163 Å². The first kappa shape index (κ1) is 18.0. The summed E-state index contributed by atoms with van der Waals surface area (Å²) in [6, 6.07) is 15.0. The van der Waals surface area contributed by atoms with Gasteiger partial charge in [0.15, 0.2) is 0 Å². The number of carbonyl (C=O) groups is 1. The Morgan fingerprint density at radius 1 is 1.11 bits per heavy atom. The first-order valence-corrected chi connectivity index (χ1v) is 10.2. The summed E-state index contributed by atoms with van der Waals surface area (Å²) in [7, 11) is 0. The lowest BCUT2D eigenvalue weighted by molar-refractivity contribution is -0.130. The van der Waals surface area contributed by atoms with E-state index >= 15 is 0 Å². The number of amides is 1. The zero-order chi connectivity index (χ0) is 18.6. The average Bonchev–Trinajstić information content (AvgIpc) is 3.12. The van der Waals surface area contributed by atoms with Gasteiger partial charge in [0.05, 0.1) is 5.75 Å². The highest BCUT2D eigenvalue weighted by atomic mass is 32.2. The van der Waals surface area contributed by atoms with E-state index in [1.54, 1.807) is 0 Å². The van der Waals surface area contributed by atoms with E-state index in [1.807, 2.05) is 11.8 Å². The van der Waals surface area contributed by atoms with Gasteiger partial charge in [-0.3, -0.25) is 14.8 Å². The number of nitrogens with zero attached hydrogens (tertiary/aromatic N) is 4. The van der Waals surface area contributed by atoms with Crippen molar-refractivity contribution in [3.63, 3.8) is 0 Å². The molecular weight excluding hydrogens is 358 g/mol. The molecule has 1 N–H and O–H groups in total. The average molecular weight is 382 g/mol. The minimum atomic E-state index is 0.160. The number of thioether (sulfide) groups is 1. The first-order chi connectivity index (χ1) is 13.2. The third kappa shape index (κ3) is 4.31. The van der Waals surface area contributed by atoms with Gasteiger partial charge >= 0.3 is 0 Å². The van der Waals surface area contributed by atoms with Crippen molar-refractivity contribution in [2.24, 2.45) is 0 Å². The Kier molecular flexibility index (Phi) is 5.40. The number of fused-ring (bicyclic) bond motifs is 1. The van der Waals surface area contributed by atoms with Gasteiger partial charge in [-0.2, -0.15) is 0 Å². The predicted octanol–water partition coefficient (Wildman–Crippen LogP) is 2.70. The van der Waals surface area contributed by atoms with E-state index in [-0.39, 0.29) is 5.91 Å². The fourth-order valence-corrected chi connectivity index (χ4v) is 4.18.